The van der Waals surface area contributed by atoms with E-state index in [4.69, 9.17) is 0 Å². The van der Waals surface area contributed by atoms with Crippen molar-refractivity contribution in [2.75, 3.05) is 6.54 Å². The number of benzene rings is 1. The number of nitrogens with one attached hydrogen (secondary N) is 1. The third-order valence-electron chi connectivity index (χ3n) is 3.14. The Morgan fingerprint density at radius 1 is 1.27 bits per heavy atom. The molecule has 1 aromatic heterocycles. The molecule has 0 saturated carbocycles. The summed E-state index contributed by atoms with van der Waals surface area (Å²) in [4.78, 5) is 15.7. The molecule has 1 heterocycles. The third-order valence-corrected chi connectivity index (χ3v) is 3.14. The number of amides is 1. The summed E-state index contributed by atoms with van der Waals surface area (Å²) >= 11 is 0. The average molecular weight is 306 g/mol. The minimum absolute atomic E-state index is 0.0380. The van der Waals surface area contributed by atoms with Crippen molar-refractivity contribution in [1.82, 2.24) is 20.5 Å². The summed E-state index contributed by atoms with van der Waals surface area (Å²) in [5.41, 5.74) is 1.25. The van der Waals surface area contributed by atoms with Crippen LogP contribution in [0.2, 0.25) is 0 Å². The maximum atomic E-state index is 14.2. The molecule has 0 aliphatic heterocycles. The van der Waals surface area contributed by atoms with Gasteiger partial charge in [-0.3, -0.25) is 4.79 Å². The molecule has 1 aromatic carbocycles. The first-order valence-corrected chi connectivity index (χ1v) is 6.69. The van der Waals surface area contributed by atoms with Crippen molar-refractivity contribution in [3.63, 3.8) is 0 Å². The van der Waals surface area contributed by atoms with Crippen molar-refractivity contribution in [2.45, 2.75) is 26.7 Å². The van der Waals surface area contributed by atoms with Crippen LogP contribution >= 0.6 is 0 Å². The van der Waals surface area contributed by atoms with E-state index in [0.29, 0.717) is 11.4 Å². The molecule has 0 aliphatic rings. The normalized spacial score (nSPS) is 11.3. The Morgan fingerprint density at radius 2 is 2.00 bits per heavy atom. The van der Waals surface area contributed by atoms with E-state index < -0.39 is 18.4 Å². The number of rotatable bonds is 4. The average Bonchev–Trinajstić information content (AvgIpc) is 2.44. The van der Waals surface area contributed by atoms with Crippen LogP contribution in [0.4, 0.5) is 8.78 Å². The van der Waals surface area contributed by atoms with Gasteiger partial charge in [-0.25, -0.2) is 4.98 Å². The molecule has 0 atom stereocenters. The number of alkyl halides is 2. The monoisotopic (exact) mass is 306 g/mol. The maximum absolute atomic E-state index is 14.2. The predicted molar refractivity (Wildman–Crippen MR) is 76.7 cm³/mol. The molecule has 2 aromatic rings. The highest BCUT2D eigenvalue weighted by atomic mass is 19.3. The second kappa shape index (κ2) is 6.13. The van der Waals surface area contributed by atoms with Gasteiger partial charge in [0.1, 0.15) is 11.5 Å². The van der Waals surface area contributed by atoms with Crippen LogP contribution in [0.1, 0.15) is 33.0 Å². The van der Waals surface area contributed by atoms with E-state index in [1.807, 2.05) is 6.92 Å². The van der Waals surface area contributed by atoms with Crippen LogP contribution in [0.15, 0.2) is 24.4 Å². The van der Waals surface area contributed by atoms with Crippen molar-refractivity contribution in [3.8, 4) is 0 Å². The molecule has 1 amide bonds. The zero-order valence-corrected chi connectivity index (χ0v) is 12.5. The second-order valence-electron chi connectivity index (χ2n) is 5.09. The van der Waals surface area contributed by atoms with Gasteiger partial charge >= 0.3 is 0 Å². The van der Waals surface area contributed by atoms with E-state index in [0.717, 1.165) is 11.8 Å². The van der Waals surface area contributed by atoms with Crippen molar-refractivity contribution >= 4 is 5.91 Å². The lowest BCUT2D eigenvalue weighted by molar-refractivity contribution is -0.00312. The lowest BCUT2D eigenvalue weighted by atomic mass is 10.0. The molecule has 7 heteroatoms. The molecule has 0 aliphatic carbocycles. The van der Waals surface area contributed by atoms with Gasteiger partial charge in [0.05, 0.1) is 12.7 Å². The summed E-state index contributed by atoms with van der Waals surface area (Å²) in [6.07, 6.45) is 1.14. The van der Waals surface area contributed by atoms with E-state index in [1.165, 1.54) is 6.07 Å². The van der Waals surface area contributed by atoms with Gasteiger partial charge in [-0.1, -0.05) is 23.8 Å². The van der Waals surface area contributed by atoms with E-state index in [1.54, 1.807) is 26.0 Å². The van der Waals surface area contributed by atoms with Crippen molar-refractivity contribution < 1.29 is 13.6 Å². The molecule has 0 spiro atoms. The molecule has 0 saturated heterocycles. The molecule has 22 heavy (non-hydrogen) atoms. The molecule has 5 nitrogen and oxygen atoms in total. The van der Waals surface area contributed by atoms with Crippen LogP contribution in [-0.4, -0.2) is 27.6 Å². The molecule has 0 radical (unpaired) electrons. The predicted octanol–water partition coefficient (Wildman–Crippen LogP) is 2.32. The maximum Gasteiger partial charge on any atom is 0.290 e. The molecular formula is C15H16F2N4O. The Kier molecular flexibility index (Phi) is 4.44. The Hall–Kier alpha value is -2.44. The first-order chi connectivity index (χ1) is 10.3. The first-order valence-electron chi connectivity index (χ1n) is 6.69. The minimum Gasteiger partial charge on any atom is -0.344 e. The number of hydrogen-bond acceptors (Lipinski definition) is 4. The van der Waals surface area contributed by atoms with Crippen LogP contribution in [0.3, 0.4) is 0 Å². The third kappa shape index (κ3) is 3.60. The van der Waals surface area contributed by atoms with Crippen LogP contribution < -0.4 is 5.32 Å². The fourth-order valence-corrected chi connectivity index (χ4v) is 2.10. The molecule has 0 fully saturated rings. The molecule has 2 rings (SSSR count). The Morgan fingerprint density at radius 3 is 2.64 bits per heavy atom. The van der Waals surface area contributed by atoms with Gasteiger partial charge in [0.25, 0.3) is 11.8 Å². The zero-order valence-electron chi connectivity index (χ0n) is 12.5. The highest BCUT2D eigenvalue weighted by Crippen LogP contribution is 2.30. The van der Waals surface area contributed by atoms with Crippen molar-refractivity contribution in [1.29, 1.82) is 0 Å². The second-order valence-corrected chi connectivity index (χ2v) is 5.09. The van der Waals surface area contributed by atoms with E-state index in [9.17, 15) is 13.6 Å². The number of nitrogens with zero attached hydrogens (tertiary/aromatic N) is 3. The van der Waals surface area contributed by atoms with Gasteiger partial charge < -0.3 is 5.32 Å². The fraction of sp³-hybridized carbons (Fsp3) is 0.333. The highest BCUT2D eigenvalue weighted by molar-refractivity contribution is 5.91. The zero-order chi connectivity index (χ0) is 16.3. The van der Waals surface area contributed by atoms with Gasteiger partial charge in [0.15, 0.2) is 0 Å². The molecule has 0 bridgehead atoms. The largest absolute Gasteiger partial charge is 0.344 e. The topological polar surface area (TPSA) is 67.8 Å². The Balaban J connectivity index is 2.10. The number of hydrogen-bond donors (Lipinski definition) is 1. The number of aryl methyl sites for hydroxylation is 3. The molecule has 116 valence electrons. The number of aromatic nitrogens is 3. The van der Waals surface area contributed by atoms with Gasteiger partial charge in [-0.05, 0) is 26.3 Å². The lowest BCUT2D eigenvalue weighted by Gasteiger charge is -2.19. The highest BCUT2D eigenvalue weighted by Gasteiger charge is 2.33. The van der Waals surface area contributed by atoms with Crippen LogP contribution in [0, 0.1) is 20.8 Å². The number of carbonyl (C=O) groups excluding carboxylic acids is 1. The first kappa shape index (κ1) is 15.9. The lowest BCUT2D eigenvalue weighted by Crippen LogP contribution is -2.36. The summed E-state index contributed by atoms with van der Waals surface area (Å²) in [6.45, 7) is 4.21. The van der Waals surface area contributed by atoms with Gasteiger partial charge in [0, 0.05) is 5.56 Å². The summed E-state index contributed by atoms with van der Waals surface area (Å²) in [5.74, 6) is -3.57. The van der Waals surface area contributed by atoms with Crippen LogP contribution in [0.25, 0.3) is 0 Å². The summed E-state index contributed by atoms with van der Waals surface area (Å²) < 4.78 is 28.5. The van der Waals surface area contributed by atoms with Gasteiger partial charge in [-0.15, -0.1) is 5.10 Å². The van der Waals surface area contributed by atoms with E-state index in [2.05, 4.69) is 20.5 Å². The number of carbonyl (C=O) groups is 1. The van der Waals surface area contributed by atoms with E-state index in [-0.39, 0.29) is 11.3 Å². The molecule has 1 N–H and O–H groups in total. The number of halogens is 2. The summed E-state index contributed by atoms with van der Waals surface area (Å²) in [6, 6.07) is 4.69. The van der Waals surface area contributed by atoms with Crippen LogP contribution in [0.5, 0.6) is 0 Å². The Labute approximate surface area is 126 Å². The Bertz CT molecular complexity index is 704. The van der Waals surface area contributed by atoms with Gasteiger partial charge in [0.2, 0.25) is 0 Å². The fourth-order valence-electron chi connectivity index (χ4n) is 2.10. The smallest absolute Gasteiger partial charge is 0.290 e. The summed E-state index contributed by atoms with van der Waals surface area (Å²) in [7, 11) is 0. The molecule has 0 unspecified atom stereocenters. The van der Waals surface area contributed by atoms with Gasteiger partial charge in [-0.2, -0.15) is 13.9 Å². The minimum atomic E-state index is -3.16. The van der Waals surface area contributed by atoms with Crippen molar-refractivity contribution in [2.24, 2.45) is 0 Å². The molecular weight excluding hydrogens is 290 g/mol. The summed E-state index contributed by atoms with van der Waals surface area (Å²) in [5, 5.41) is 9.37. The van der Waals surface area contributed by atoms with E-state index >= 15 is 0 Å². The van der Waals surface area contributed by atoms with Crippen molar-refractivity contribution in [3.05, 3.63) is 52.6 Å². The standard InChI is InChI=1S/C15H16F2N4O/c1-9-4-5-12(10(2)6-9)15(16,17)8-18-14(22)13-7-19-21-11(3)20-13/h4-7H,8H2,1-3H3,(H,18,22). The van der Waals surface area contributed by atoms with Crippen LogP contribution in [-0.2, 0) is 5.92 Å². The SMILES string of the molecule is Cc1ccc(C(F)(F)CNC(=O)c2cnnc(C)n2)c(C)c1. The quantitative estimate of drug-likeness (QED) is 0.941.